The minimum Gasteiger partial charge on any atom is -0.444 e. The number of nitrogens with one attached hydrogen (secondary N) is 2. The first-order valence-electron chi connectivity index (χ1n) is 19.8. The molecule has 318 valence electrons. The predicted molar refractivity (Wildman–Crippen MR) is 240 cm³/mol. The lowest BCUT2D eigenvalue weighted by Gasteiger charge is -2.36. The van der Waals surface area contributed by atoms with E-state index in [2.05, 4.69) is 32.0 Å². The molecule has 2 amide bonds. The number of ether oxygens (including phenoxy) is 1. The number of nitrogens with zero attached hydrogens (tertiary/aromatic N) is 4. The zero-order chi connectivity index (χ0) is 43.3. The van der Waals surface area contributed by atoms with E-state index in [1.54, 1.807) is 49.9 Å². The van der Waals surface area contributed by atoms with Crippen LogP contribution in [0.15, 0.2) is 131 Å². The highest BCUT2D eigenvalue weighted by Gasteiger charge is 2.39. The molecule has 2 N–H and O–H groups in total. The van der Waals surface area contributed by atoms with Crippen LogP contribution in [0.25, 0.3) is 11.1 Å². The number of halogens is 1. The Balaban J connectivity index is 0.978. The highest BCUT2D eigenvalue weighted by Crippen LogP contribution is 2.35. The Bertz CT molecular complexity index is 2480. The molecule has 13 nitrogen and oxygen atoms in total. The van der Waals surface area contributed by atoms with Crippen molar-refractivity contribution in [2.24, 2.45) is 0 Å². The molecule has 5 aromatic rings. The number of carbonyl (C=O) groups is 2. The predicted octanol–water partition coefficient (Wildman–Crippen LogP) is 8.55. The Hall–Kier alpha value is -5.61. The smallest absolute Gasteiger partial charge is 0.410 e. The van der Waals surface area contributed by atoms with E-state index in [1.807, 2.05) is 66.7 Å². The van der Waals surface area contributed by atoms with Crippen molar-refractivity contribution in [3.8, 4) is 11.1 Å². The number of hydrogen-bond acceptors (Lipinski definition) is 11. The van der Waals surface area contributed by atoms with Crippen LogP contribution < -0.4 is 14.9 Å². The van der Waals surface area contributed by atoms with Crippen molar-refractivity contribution >= 4 is 62.4 Å². The van der Waals surface area contributed by atoms with E-state index in [-0.39, 0.29) is 23.0 Å². The van der Waals surface area contributed by atoms with Gasteiger partial charge < -0.3 is 19.9 Å². The zero-order valence-electron chi connectivity index (χ0n) is 34.0. The average molecular weight is 883 g/mol. The quantitative estimate of drug-likeness (QED) is 0.0915. The average Bonchev–Trinajstić information content (AvgIpc) is 3.63. The fourth-order valence-corrected chi connectivity index (χ4v) is 9.73. The van der Waals surface area contributed by atoms with Gasteiger partial charge in [0.1, 0.15) is 11.3 Å². The number of nitro groups is 1. The summed E-state index contributed by atoms with van der Waals surface area (Å²) in [6.45, 7) is 9.83. The second-order valence-corrected chi connectivity index (χ2v) is 19.4. The lowest BCUT2D eigenvalue weighted by Crippen LogP contribution is -2.46. The molecule has 2 heterocycles. The third-order valence-electron chi connectivity index (χ3n) is 10.4. The molecular formula is C45H47ClN6O7S2. The number of likely N-dealkylation sites (tertiary alicyclic amines) is 1. The summed E-state index contributed by atoms with van der Waals surface area (Å²) in [6.07, 6.45) is -0.501. The molecule has 0 saturated carbocycles. The van der Waals surface area contributed by atoms with E-state index in [4.69, 9.17) is 16.3 Å². The van der Waals surface area contributed by atoms with Gasteiger partial charge in [0.15, 0.2) is 0 Å². The van der Waals surface area contributed by atoms with Gasteiger partial charge in [0.05, 0.1) is 15.9 Å². The molecule has 0 aromatic heterocycles. The number of carbonyl (C=O) groups excluding carboxylic acids is 2. The topological polar surface area (TPSA) is 154 Å². The zero-order valence-corrected chi connectivity index (χ0v) is 36.4. The molecule has 2 fully saturated rings. The van der Waals surface area contributed by atoms with Crippen LogP contribution in [0.5, 0.6) is 0 Å². The number of piperazine rings is 1. The van der Waals surface area contributed by atoms with Crippen molar-refractivity contribution in [1.29, 1.82) is 0 Å². The van der Waals surface area contributed by atoms with Gasteiger partial charge in [-0.3, -0.25) is 19.8 Å². The molecule has 61 heavy (non-hydrogen) atoms. The van der Waals surface area contributed by atoms with Crippen LogP contribution in [0.1, 0.15) is 36.7 Å². The van der Waals surface area contributed by atoms with Crippen LogP contribution in [0, 0.1) is 10.1 Å². The Morgan fingerprint density at radius 1 is 0.869 bits per heavy atom. The molecular weight excluding hydrogens is 836 g/mol. The molecule has 0 bridgehead atoms. The fourth-order valence-electron chi connectivity index (χ4n) is 7.37. The highest BCUT2D eigenvalue weighted by molar-refractivity contribution is 8.00. The molecule has 2 aliphatic heterocycles. The van der Waals surface area contributed by atoms with E-state index >= 15 is 0 Å². The van der Waals surface area contributed by atoms with Crippen molar-refractivity contribution < 1.29 is 27.7 Å². The third kappa shape index (κ3) is 11.0. The molecule has 0 radical (unpaired) electrons. The first kappa shape index (κ1) is 43.5. The number of hydrogen-bond donors (Lipinski definition) is 2. The van der Waals surface area contributed by atoms with Crippen molar-refractivity contribution in [3.05, 3.63) is 148 Å². The van der Waals surface area contributed by atoms with Crippen LogP contribution in [0.3, 0.4) is 0 Å². The third-order valence-corrected chi connectivity index (χ3v) is 13.3. The number of thioether (sulfide) groups is 1. The molecule has 0 spiro atoms. The minimum atomic E-state index is -4.51. The van der Waals surface area contributed by atoms with Gasteiger partial charge in [-0.25, -0.2) is 17.9 Å². The molecule has 2 aliphatic rings. The first-order chi connectivity index (χ1) is 29.1. The van der Waals surface area contributed by atoms with Gasteiger partial charge in [-0.2, -0.15) is 0 Å². The van der Waals surface area contributed by atoms with Crippen molar-refractivity contribution in [2.45, 2.75) is 54.0 Å². The van der Waals surface area contributed by atoms with Gasteiger partial charge in [0.2, 0.25) is 0 Å². The Morgan fingerprint density at radius 3 is 2.21 bits per heavy atom. The maximum atomic E-state index is 13.5. The van der Waals surface area contributed by atoms with E-state index in [1.165, 1.54) is 35.0 Å². The normalized spacial score (nSPS) is 17.2. The molecule has 0 aliphatic carbocycles. The molecule has 0 unspecified atom stereocenters. The minimum absolute atomic E-state index is 0.0733. The van der Waals surface area contributed by atoms with Gasteiger partial charge >= 0.3 is 6.09 Å². The Labute approximate surface area is 365 Å². The van der Waals surface area contributed by atoms with Gasteiger partial charge in [-0.05, 0) is 98.1 Å². The Morgan fingerprint density at radius 2 is 1.54 bits per heavy atom. The number of nitro benzene ring substituents is 1. The van der Waals surface area contributed by atoms with Gasteiger partial charge in [0, 0.05) is 78.3 Å². The Kier molecular flexibility index (Phi) is 13.2. The molecule has 7 rings (SSSR count). The SMILES string of the molecule is CC(C)(C)OC(=O)N1C[C@H](Sc2ccccc2)[C@H](Nc2ccc(S(=O)(=O)NC(=O)c3ccc(N4CCN(Cc5ccccc5-c5ccc(Cl)cc5)CC4)cc3)cc2[N+](=O)[O-])C1. The van der Waals surface area contributed by atoms with Crippen LogP contribution in [-0.2, 0) is 21.3 Å². The van der Waals surface area contributed by atoms with Crippen LogP contribution in [0.4, 0.5) is 21.9 Å². The number of benzene rings is 5. The van der Waals surface area contributed by atoms with E-state index in [9.17, 15) is 28.1 Å². The maximum absolute atomic E-state index is 13.5. The number of amides is 2. The lowest BCUT2D eigenvalue weighted by molar-refractivity contribution is -0.384. The largest absolute Gasteiger partial charge is 0.444 e. The lowest BCUT2D eigenvalue weighted by atomic mass is 9.99. The van der Waals surface area contributed by atoms with Gasteiger partial charge in [0.25, 0.3) is 21.6 Å². The molecule has 16 heteroatoms. The van der Waals surface area contributed by atoms with E-state index in [0.29, 0.717) is 11.6 Å². The summed E-state index contributed by atoms with van der Waals surface area (Å²) in [4.78, 5) is 44.6. The second kappa shape index (κ2) is 18.6. The second-order valence-electron chi connectivity index (χ2n) is 16.0. The van der Waals surface area contributed by atoms with Crippen molar-refractivity contribution in [3.63, 3.8) is 0 Å². The summed E-state index contributed by atoms with van der Waals surface area (Å²) in [5.74, 6) is -0.866. The summed E-state index contributed by atoms with van der Waals surface area (Å²) >= 11 is 7.64. The summed E-state index contributed by atoms with van der Waals surface area (Å²) < 4.78 is 34.6. The van der Waals surface area contributed by atoms with E-state index in [0.717, 1.165) is 54.9 Å². The van der Waals surface area contributed by atoms with Crippen molar-refractivity contribution in [1.82, 2.24) is 14.5 Å². The summed E-state index contributed by atoms with van der Waals surface area (Å²) in [6, 6.07) is 35.5. The first-order valence-corrected chi connectivity index (χ1v) is 22.6. The highest BCUT2D eigenvalue weighted by atomic mass is 35.5. The fraction of sp³-hybridized carbons (Fsp3) is 0.289. The van der Waals surface area contributed by atoms with Gasteiger partial charge in [-0.1, -0.05) is 66.2 Å². The standard InChI is InChI=1S/C45H47ClN6O7S2/c1-45(2,3)59-44(54)51-29-40(42(30-51)60-36-10-5-4-6-11-36)47-39-22-21-37(27-41(39)52(55)56)61(57,58)48-43(53)32-15-19-35(20-16-32)50-25-23-49(24-26-50)28-33-9-7-8-12-38(33)31-13-17-34(46)18-14-31/h4-22,27,40,42,47H,23-26,28-30H2,1-3H3,(H,48,53)/t40-,42+/m1/s1. The summed E-state index contributed by atoms with van der Waals surface area (Å²) in [5.41, 5.74) is 3.41. The molecule has 2 atom stereocenters. The van der Waals surface area contributed by atoms with E-state index < -0.39 is 49.2 Å². The molecule has 2 saturated heterocycles. The molecule has 5 aromatic carbocycles. The monoisotopic (exact) mass is 882 g/mol. The van der Waals surface area contributed by atoms with Gasteiger partial charge in [-0.15, -0.1) is 11.8 Å². The maximum Gasteiger partial charge on any atom is 0.410 e. The van der Waals surface area contributed by atoms with Crippen LogP contribution >= 0.6 is 23.4 Å². The summed E-state index contributed by atoms with van der Waals surface area (Å²) in [7, 11) is -4.51. The van der Waals surface area contributed by atoms with Crippen LogP contribution in [-0.4, -0.2) is 91.3 Å². The number of sulfonamides is 1. The van der Waals surface area contributed by atoms with Crippen LogP contribution in [0.2, 0.25) is 5.02 Å². The number of anilines is 2. The number of rotatable bonds is 12. The summed E-state index contributed by atoms with van der Waals surface area (Å²) in [5, 5.41) is 16.0. The van der Waals surface area contributed by atoms with Crippen molar-refractivity contribution in [2.75, 3.05) is 49.5 Å².